The minimum atomic E-state index is 0.562. The van der Waals surface area contributed by atoms with Crippen molar-refractivity contribution in [2.45, 2.75) is 6.42 Å². The van der Waals surface area contributed by atoms with Crippen molar-refractivity contribution in [1.82, 2.24) is 0 Å². The number of rotatable bonds is 4. The lowest BCUT2D eigenvalue weighted by Gasteiger charge is -2.08. The van der Waals surface area contributed by atoms with Crippen molar-refractivity contribution in [3.8, 4) is 11.5 Å². The fourth-order valence-electron chi connectivity index (χ4n) is 2.70. The Hall–Kier alpha value is -3.01. The third-order valence-electron chi connectivity index (χ3n) is 3.86. The van der Waals surface area contributed by atoms with Crippen LogP contribution in [0.4, 0.5) is 5.69 Å². The number of fused-ring (bicyclic) bond motifs is 1. The van der Waals surface area contributed by atoms with Crippen molar-refractivity contribution in [3.63, 3.8) is 0 Å². The second-order valence-corrected chi connectivity index (χ2v) is 5.44. The van der Waals surface area contributed by atoms with Crippen LogP contribution >= 0.6 is 0 Å². The number of aliphatic imine (C=N–C) groups is 2. The molecule has 2 aromatic carbocycles. The molecule has 0 radical (unpaired) electrons. The van der Waals surface area contributed by atoms with Crippen LogP contribution in [-0.2, 0) is 11.2 Å². The molecule has 0 spiro atoms. The molecule has 0 bridgehead atoms. The monoisotopic (exact) mass is 302 g/mol. The Kier molecular flexibility index (Phi) is 3.35. The molecule has 2 heterocycles. The summed E-state index contributed by atoms with van der Waals surface area (Å²) in [5, 5.41) is 0. The standard InChI is InChI=1S/C19H14N2O2/c22-12-15-10-14-5-8-17(11-19(14)21-15)23-16-6-3-13(4-7-16)18-2-1-9-20-18/h1-8,11-12H,9-10H2. The van der Waals surface area contributed by atoms with Gasteiger partial charge in [-0.15, -0.1) is 0 Å². The van der Waals surface area contributed by atoms with Gasteiger partial charge in [0, 0.05) is 12.5 Å². The van der Waals surface area contributed by atoms with Crippen LogP contribution in [-0.4, -0.2) is 24.3 Å². The van der Waals surface area contributed by atoms with Crippen LogP contribution in [0.3, 0.4) is 0 Å². The van der Waals surface area contributed by atoms with Gasteiger partial charge in [0.2, 0.25) is 0 Å². The molecule has 2 aromatic rings. The number of ether oxygens (including phenoxy) is 1. The summed E-state index contributed by atoms with van der Waals surface area (Å²) >= 11 is 0. The van der Waals surface area contributed by atoms with Gasteiger partial charge in [-0.3, -0.25) is 9.79 Å². The molecule has 0 saturated heterocycles. The third-order valence-corrected chi connectivity index (χ3v) is 3.86. The maximum atomic E-state index is 10.8. The van der Waals surface area contributed by atoms with Gasteiger partial charge in [0.1, 0.15) is 11.5 Å². The second kappa shape index (κ2) is 5.65. The number of carbonyl (C=O) groups is 1. The van der Waals surface area contributed by atoms with Crippen LogP contribution in [0.15, 0.2) is 64.6 Å². The lowest BCUT2D eigenvalue weighted by molar-refractivity contribution is -0.102. The molecule has 0 aromatic heterocycles. The van der Waals surface area contributed by atoms with Crippen LogP contribution in [0, 0.1) is 0 Å². The molecule has 4 heteroatoms. The van der Waals surface area contributed by atoms with E-state index in [1.165, 1.54) is 0 Å². The maximum Gasteiger partial charge on any atom is 0.164 e. The van der Waals surface area contributed by atoms with Crippen LogP contribution in [0.5, 0.6) is 11.5 Å². The summed E-state index contributed by atoms with van der Waals surface area (Å²) in [5.74, 6) is 1.47. The van der Waals surface area contributed by atoms with Crippen LogP contribution in [0.1, 0.15) is 11.1 Å². The highest BCUT2D eigenvalue weighted by atomic mass is 16.5. The van der Waals surface area contributed by atoms with E-state index in [1.807, 2.05) is 54.6 Å². The van der Waals surface area contributed by atoms with E-state index in [4.69, 9.17) is 4.74 Å². The van der Waals surface area contributed by atoms with E-state index >= 15 is 0 Å². The normalized spacial score (nSPS) is 15.1. The van der Waals surface area contributed by atoms with E-state index in [2.05, 4.69) is 9.98 Å². The molecule has 0 N–H and O–H groups in total. The Morgan fingerprint density at radius 3 is 2.61 bits per heavy atom. The number of hydrogen-bond donors (Lipinski definition) is 0. The molecule has 4 nitrogen and oxygen atoms in total. The van der Waals surface area contributed by atoms with E-state index in [1.54, 1.807) is 0 Å². The molecule has 112 valence electrons. The first-order valence-corrected chi connectivity index (χ1v) is 7.47. The summed E-state index contributed by atoms with van der Waals surface area (Å²) in [6, 6.07) is 13.6. The first-order chi connectivity index (χ1) is 11.3. The maximum absolute atomic E-state index is 10.8. The summed E-state index contributed by atoms with van der Waals surface area (Å²) in [7, 11) is 0. The van der Waals surface area contributed by atoms with E-state index in [9.17, 15) is 4.79 Å². The fraction of sp³-hybridized carbons (Fsp3) is 0.105. The van der Waals surface area contributed by atoms with Crippen molar-refractivity contribution in [1.29, 1.82) is 0 Å². The average Bonchev–Trinajstić information content (AvgIpc) is 3.24. The molecule has 2 aliphatic rings. The minimum Gasteiger partial charge on any atom is -0.457 e. The Morgan fingerprint density at radius 1 is 1.04 bits per heavy atom. The topological polar surface area (TPSA) is 51.0 Å². The predicted octanol–water partition coefficient (Wildman–Crippen LogP) is 3.67. The van der Waals surface area contributed by atoms with E-state index in [0.29, 0.717) is 17.9 Å². The molecular weight excluding hydrogens is 288 g/mol. The van der Waals surface area contributed by atoms with Crippen LogP contribution in [0.2, 0.25) is 0 Å². The highest BCUT2D eigenvalue weighted by molar-refractivity contribution is 6.31. The van der Waals surface area contributed by atoms with Gasteiger partial charge in [0.15, 0.2) is 6.29 Å². The number of hydrogen-bond acceptors (Lipinski definition) is 4. The van der Waals surface area contributed by atoms with Gasteiger partial charge < -0.3 is 4.74 Å². The van der Waals surface area contributed by atoms with Crippen molar-refractivity contribution in [2.75, 3.05) is 6.54 Å². The third kappa shape index (κ3) is 2.71. The lowest BCUT2D eigenvalue weighted by atomic mass is 10.1. The summed E-state index contributed by atoms with van der Waals surface area (Å²) in [4.78, 5) is 19.5. The molecule has 23 heavy (non-hydrogen) atoms. The zero-order chi connectivity index (χ0) is 15.6. The number of carbonyl (C=O) groups excluding carboxylic acids is 1. The molecule has 4 rings (SSSR count). The molecule has 0 atom stereocenters. The molecule has 2 aliphatic heterocycles. The number of aldehydes is 1. The highest BCUT2D eigenvalue weighted by Gasteiger charge is 2.14. The molecule has 0 saturated carbocycles. The first-order valence-electron chi connectivity index (χ1n) is 7.47. The van der Waals surface area contributed by atoms with Crippen LogP contribution in [0.25, 0.3) is 0 Å². The quantitative estimate of drug-likeness (QED) is 0.809. The summed E-state index contributed by atoms with van der Waals surface area (Å²) in [6.07, 6.45) is 5.47. The lowest BCUT2D eigenvalue weighted by Crippen LogP contribution is -1.97. The van der Waals surface area contributed by atoms with Gasteiger partial charge in [0.25, 0.3) is 0 Å². The van der Waals surface area contributed by atoms with Crippen molar-refractivity contribution in [3.05, 3.63) is 65.7 Å². The molecule has 0 fully saturated rings. The van der Waals surface area contributed by atoms with E-state index < -0.39 is 0 Å². The largest absolute Gasteiger partial charge is 0.457 e. The SMILES string of the molecule is O=CC1=Nc2cc(Oc3ccc(C4=NCC=C4)cc3)ccc2C1. The van der Waals surface area contributed by atoms with E-state index in [-0.39, 0.29) is 0 Å². The Morgan fingerprint density at radius 2 is 1.87 bits per heavy atom. The Labute approximate surface area is 133 Å². The number of nitrogens with zero attached hydrogens (tertiary/aromatic N) is 2. The highest BCUT2D eigenvalue weighted by Crippen LogP contribution is 2.32. The first kappa shape index (κ1) is 13.6. The van der Waals surface area contributed by atoms with Gasteiger partial charge in [-0.25, -0.2) is 4.99 Å². The zero-order valence-corrected chi connectivity index (χ0v) is 12.4. The minimum absolute atomic E-state index is 0.562. The number of benzene rings is 2. The number of allylic oxidation sites excluding steroid dienone is 1. The molecule has 0 aliphatic carbocycles. The van der Waals surface area contributed by atoms with Crippen molar-refractivity contribution in [2.24, 2.45) is 9.98 Å². The van der Waals surface area contributed by atoms with Gasteiger partial charge >= 0.3 is 0 Å². The molecule has 0 unspecified atom stereocenters. The van der Waals surface area contributed by atoms with Crippen LogP contribution < -0.4 is 4.74 Å². The summed E-state index contributed by atoms with van der Waals surface area (Å²) < 4.78 is 5.87. The molecule has 0 amide bonds. The molecular formula is C19H14N2O2. The second-order valence-electron chi connectivity index (χ2n) is 5.44. The fourth-order valence-corrected chi connectivity index (χ4v) is 2.70. The van der Waals surface area contributed by atoms with Gasteiger partial charge in [0.05, 0.1) is 23.7 Å². The van der Waals surface area contributed by atoms with Gasteiger partial charge in [-0.1, -0.05) is 12.1 Å². The Bertz CT molecular complexity index is 861. The average molecular weight is 302 g/mol. The Balaban J connectivity index is 1.53. The van der Waals surface area contributed by atoms with Gasteiger partial charge in [-0.05, 0) is 47.5 Å². The summed E-state index contributed by atoms with van der Waals surface area (Å²) in [6.45, 7) is 0.756. The predicted molar refractivity (Wildman–Crippen MR) is 90.4 cm³/mol. The van der Waals surface area contributed by atoms with Gasteiger partial charge in [-0.2, -0.15) is 0 Å². The van der Waals surface area contributed by atoms with Crippen molar-refractivity contribution < 1.29 is 9.53 Å². The summed E-state index contributed by atoms with van der Waals surface area (Å²) in [5.41, 5.74) is 4.52. The van der Waals surface area contributed by atoms with Crippen molar-refractivity contribution >= 4 is 23.4 Å². The smallest absolute Gasteiger partial charge is 0.164 e. The zero-order valence-electron chi connectivity index (χ0n) is 12.4. The van der Waals surface area contributed by atoms with E-state index in [0.717, 1.165) is 41.1 Å².